The third-order valence-corrected chi connectivity index (χ3v) is 2.15. The van der Waals surface area contributed by atoms with Crippen LogP contribution >= 0.6 is 0 Å². The van der Waals surface area contributed by atoms with E-state index in [1.54, 1.807) is 0 Å². The molecule has 0 bridgehead atoms. The van der Waals surface area contributed by atoms with Gasteiger partial charge >= 0.3 is 0 Å². The Kier molecular flexibility index (Phi) is 3.38. The Labute approximate surface area is 76.8 Å². The maximum Gasteiger partial charge on any atom is 0.208 e. The number of H-pyrrole nitrogens is 1. The summed E-state index contributed by atoms with van der Waals surface area (Å²) in [5.41, 5.74) is 0. The summed E-state index contributed by atoms with van der Waals surface area (Å²) in [6.07, 6.45) is 3.98. The van der Waals surface area contributed by atoms with Gasteiger partial charge in [-0.2, -0.15) is 5.10 Å². The minimum Gasteiger partial charge on any atom is -0.263 e. The van der Waals surface area contributed by atoms with Crippen LogP contribution in [0.3, 0.4) is 0 Å². The molecule has 0 amide bonds. The van der Waals surface area contributed by atoms with Gasteiger partial charge < -0.3 is 0 Å². The number of aromatic amines is 1. The van der Waals surface area contributed by atoms with Gasteiger partial charge in [-0.3, -0.25) is 5.10 Å². The van der Waals surface area contributed by atoms with Crippen LogP contribution in [0.5, 0.6) is 0 Å². The molecule has 0 aliphatic carbocycles. The van der Waals surface area contributed by atoms with Crippen LogP contribution in [-0.2, 0) is 16.4 Å². The molecule has 0 aromatic carbocycles. The molecule has 2 N–H and O–H groups in total. The summed E-state index contributed by atoms with van der Waals surface area (Å²) in [5.74, 6) is 0.773. The van der Waals surface area contributed by atoms with Gasteiger partial charge in [-0.15, -0.1) is 0 Å². The molecule has 74 valence electrons. The number of rotatable bonds is 5. The first-order valence-electron chi connectivity index (χ1n) is 3.87. The molecule has 0 atom stereocenters. The van der Waals surface area contributed by atoms with Crippen LogP contribution in [-0.4, -0.2) is 36.4 Å². The molecule has 0 saturated heterocycles. The molecule has 13 heavy (non-hydrogen) atoms. The molecule has 0 saturated carbocycles. The summed E-state index contributed by atoms with van der Waals surface area (Å²) >= 11 is 0. The average Bonchev–Trinajstić information content (AvgIpc) is 2.48. The van der Waals surface area contributed by atoms with Gasteiger partial charge in [0, 0.05) is 13.0 Å². The smallest absolute Gasteiger partial charge is 0.208 e. The fourth-order valence-corrected chi connectivity index (χ4v) is 1.38. The lowest BCUT2D eigenvalue weighted by molar-refractivity contribution is 0.584. The number of hydrogen-bond acceptors (Lipinski definition) is 4. The minimum atomic E-state index is -3.06. The summed E-state index contributed by atoms with van der Waals surface area (Å²) in [6.45, 7) is 0.430. The highest BCUT2D eigenvalue weighted by Crippen LogP contribution is 1.91. The van der Waals surface area contributed by atoms with Crippen molar-refractivity contribution >= 4 is 10.0 Å². The molecule has 1 aromatic rings. The van der Waals surface area contributed by atoms with E-state index in [2.05, 4.69) is 19.9 Å². The van der Waals surface area contributed by atoms with E-state index >= 15 is 0 Å². The van der Waals surface area contributed by atoms with Gasteiger partial charge in [0.15, 0.2) is 0 Å². The molecule has 1 rings (SSSR count). The van der Waals surface area contributed by atoms with Crippen LogP contribution in [0.4, 0.5) is 0 Å². The Morgan fingerprint density at radius 3 is 2.92 bits per heavy atom. The van der Waals surface area contributed by atoms with Crippen molar-refractivity contribution in [3.8, 4) is 0 Å². The van der Waals surface area contributed by atoms with Gasteiger partial charge in [-0.1, -0.05) is 0 Å². The van der Waals surface area contributed by atoms with Crippen molar-refractivity contribution in [1.29, 1.82) is 0 Å². The van der Waals surface area contributed by atoms with Gasteiger partial charge in [0.1, 0.15) is 12.2 Å². The second kappa shape index (κ2) is 4.33. The van der Waals surface area contributed by atoms with E-state index in [0.717, 1.165) is 12.1 Å². The van der Waals surface area contributed by atoms with E-state index in [9.17, 15) is 8.42 Å². The highest BCUT2D eigenvalue weighted by molar-refractivity contribution is 7.88. The molecule has 0 unspecified atom stereocenters. The Balaban J connectivity index is 2.16. The van der Waals surface area contributed by atoms with E-state index in [1.807, 2.05) is 0 Å². The van der Waals surface area contributed by atoms with Crippen LogP contribution < -0.4 is 4.72 Å². The lowest BCUT2D eigenvalue weighted by atomic mass is 10.3. The largest absolute Gasteiger partial charge is 0.263 e. The van der Waals surface area contributed by atoms with Crippen LogP contribution in [0, 0.1) is 0 Å². The van der Waals surface area contributed by atoms with Crippen LogP contribution in [0.25, 0.3) is 0 Å². The van der Waals surface area contributed by atoms with Crippen molar-refractivity contribution in [2.45, 2.75) is 12.8 Å². The first-order chi connectivity index (χ1) is 6.08. The molecule has 0 spiro atoms. The van der Waals surface area contributed by atoms with Crippen LogP contribution in [0.1, 0.15) is 12.2 Å². The Hall–Kier alpha value is -0.950. The third-order valence-electron chi connectivity index (χ3n) is 1.42. The summed E-state index contributed by atoms with van der Waals surface area (Å²) in [6, 6.07) is 0. The molecular weight excluding hydrogens is 192 g/mol. The molecule has 6 nitrogen and oxygen atoms in total. The maximum atomic E-state index is 10.6. The van der Waals surface area contributed by atoms with Gasteiger partial charge in [0.2, 0.25) is 10.0 Å². The number of nitrogens with zero attached hydrogens (tertiary/aromatic N) is 2. The van der Waals surface area contributed by atoms with E-state index in [4.69, 9.17) is 0 Å². The fraction of sp³-hybridized carbons (Fsp3) is 0.667. The molecular formula is C6H12N4O2S. The zero-order chi connectivity index (χ0) is 9.73. The zero-order valence-electron chi connectivity index (χ0n) is 7.32. The lowest BCUT2D eigenvalue weighted by Gasteiger charge is -1.99. The number of nitrogens with one attached hydrogen (secondary N) is 2. The Morgan fingerprint density at radius 2 is 2.38 bits per heavy atom. The van der Waals surface area contributed by atoms with E-state index in [-0.39, 0.29) is 0 Å². The number of aromatic nitrogens is 3. The number of aryl methyl sites for hydroxylation is 1. The minimum absolute atomic E-state index is 0.430. The van der Waals surface area contributed by atoms with Gasteiger partial charge in [-0.25, -0.2) is 18.1 Å². The van der Waals surface area contributed by atoms with Gasteiger partial charge in [0.05, 0.1) is 6.26 Å². The van der Waals surface area contributed by atoms with E-state index < -0.39 is 10.0 Å². The first-order valence-corrected chi connectivity index (χ1v) is 5.76. The molecule has 1 heterocycles. The highest BCUT2D eigenvalue weighted by atomic mass is 32.2. The van der Waals surface area contributed by atoms with Gasteiger partial charge in [-0.05, 0) is 6.42 Å². The van der Waals surface area contributed by atoms with Crippen molar-refractivity contribution in [2.24, 2.45) is 0 Å². The van der Waals surface area contributed by atoms with Crippen LogP contribution in [0.2, 0.25) is 0 Å². The monoisotopic (exact) mass is 204 g/mol. The summed E-state index contributed by atoms with van der Waals surface area (Å²) in [7, 11) is -3.06. The second-order valence-electron chi connectivity index (χ2n) is 2.70. The molecule has 1 aromatic heterocycles. The lowest BCUT2D eigenvalue weighted by Crippen LogP contribution is -2.23. The normalized spacial score (nSPS) is 11.8. The Bertz CT molecular complexity index is 332. The molecule has 7 heteroatoms. The third kappa shape index (κ3) is 4.58. The first kappa shape index (κ1) is 10.1. The predicted octanol–water partition coefficient (Wildman–Crippen LogP) is -0.713. The standard InChI is InChI=1S/C6H12N4O2S/c1-13(11,12)9-4-2-3-6-7-5-8-10-6/h5,9H,2-4H2,1H3,(H,7,8,10). The quantitative estimate of drug-likeness (QED) is 0.620. The predicted molar refractivity (Wildman–Crippen MR) is 47.6 cm³/mol. The molecule has 0 radical (unpaired) electrons. The molecule has 0 fully saturated rings. The van der Waals surface area contributed by atoms with Crippen molar-refractivity contribution < 1.29 is 8.42 Å². The fourth-order valence-electron chi connectivity index (χ4n) is 0.865. The zero-order valence-corrected chi connectivity index (χ0v) is 8.13. The van der Waals surface area contributed by atoms with Crippen LogP contribution in [0.15, 0.2) is 6.33 Å². The summed E-state index contributed by atoms with van der Waals surface area (Å²) < 4.78 is 23.7. The average molecular weight is 204 g/mol. The summed E-state index contributed by atoms with van der Waals surface area (Å²) in [5, 5.41) is 6.37. The maximum absolute atomic E-state index is 10.6. The van der Waals surface area contributed by atoms with Crippen molar-refractivity contribution in [1.82, 2.24) is 19.9 Å². The number of hydrogen-bond donors (Lipinski definition) is 2. The molecule has 0 aliphatic heterocycles. The summed E-state index contributed by atoms with van der Waals surface area (Å²) in [4.78, 5) is 3.91. The van der Waals surface area contributed by atoms with Gasteiger partial charge in [0.25, 0.3) is 0 Å². The Morgan fingerprint density at radius 1 is 1.62 bits per heavy atom. The molecule has 0 aliphatic rings. The van der Waals surface area contributed by atoms with Crippen molar-refractivity contribution in [2.75, 3.05) is 12.8 Å². The topological polar surface area (TPSA) is 87.7 Å². The second-order valence-corrected chi connectivity index (χ2v) is 4.54. The SMILES string of the molecule is CS(=O)(=O)NCCCc1ncn[nH]1. The van der Waals surface area contributed by atoms with Crippen molar-refractivity contribution in [3.63, 3.8) is 0 Å². The highest BCUT2D eigenvalue weighted by Gasteiger charge is 2.00. The van der Waals surface area contributed by atoms with E-state index in [1.165, 1.54) is 6.33 Å². The van der Waals surface area contributed by atoms with Crippen molar-refractivity contribution in [3.05, 3.63) is 12.2 Å². The number of sulfonamides is 1. The van der Waals surface area contributed by atoms with E-state index in [0.29, 0.717) is 19.4 Å².